The van der Waals surface area contributed by atoms with Crippen LogP contribution in [0.4, 0.5) is 13.2 Å². The van der Waals surface area contributed by atoms with Crippen LogP contribution < -0.4 is 9.47 Å². The van der Waals surface area contributed by atoms with Crippen molar-refractivity contribution >= 4 is 10.0 Å². The Bertz CT molecular complexity index is 898. The Hall–Kier alpha value is -2.26. The summed E-state index contributed by atoms with van der Waals surface area (Å²) in [5, 5.41) is 0. The highest BCUT2D eigenvalue weighted by Gasteiger charge is 2.37. The number of halogens is 3. The van der Waals surface area contributed by atoms with Gasteiger partial charge in [0.15, 0.2) is 11.5 Å². The molecule has 9 heteroatoms. The molecule has 0 bridgehead atoms. The summed E-state index contributed by atoms with van der Waals surface area (Å²) in [5.41, 5.74) is -0.415. The van der Waals surface area contributed by atoms with Crippen LogP contribution >= 0.6 is 0 Å². The molecule has 2 rings (SSSR count). The van der Waals surface area contributed by atoms with Gasteiger partial charge < -0.3 is 9.47 Å². The molecule has 0 unspecified atom stereocenters. The number of likely N-dealkylation sites (N-methyl/N-ethyl adjacent to an activating group) is 1. The van der Waals surface area contributed by atoms with Crippen molar-refractivity contribution in [2.75, 3.05) is 27.8 Å². The van der Waals surface area contributed by atoms with Crippen LogP contribution in [0.3, 0.4) is 0 Å². The Balaban J connectivity index is 2.22. The number of nitrogens with zero attached hydrogens (tertiary/aromatic N) is 1. The Labute approximate surface area is 156 Å². The van der Waals surface area contributed by atoms with E-state index in [1.165, 1.54) is 27.3 Å². The first-order valence-corrected chi connectivity index (χ1v) is 9.38. The van der Waals surface area contributed by atoms with Gasteiger partial charge in [0.25, 0.3) is 0 Å². The Morgan fingerprint density at radius 1 is 1.00 bits per heavy atom. The Morgan fingerprint density at radius 2 is 1.63 bits per heavy atom. The van der Waals surface area contributed by atoms with Crippen LogP contribution in [-0.2, 0) is 22.6 Å². The summed E-state index contributed by atoms with van der Waals surface area (Å²) in [4.78, 5) is -0.757. The average molecular weight is 403 g/mol. The van der Waals surface area contributed by atoms with E-state index in [2.05, 4.69) is 0 Å². The molecule has 27 heavy (non-hydrogen) atoms. The normalized spacial score (nSPS) is 12.3. The van der Waals surface area contributed by atoms with Gasteiger partial charge in [-0.05, 0) is 36.2 Å². The van der Waals surface area contributed by atoms with Crippen molar-refractivity contribution in [3.05, 3.63) is 53.6 Å². The molecular weight excluding hydrogens is 383 g/mol. The highest BCUT2D eigenvalue weighted by Crippen LogP contribution is 2.35. The molecule has 2 aromatic carbocycles. The number of methoxy groups -OCH3 is 2. The van der Waals surface area contributed by atoms with E-state index < -0.39 is 26.7 Å². The van der Waals surface area contributed by atoms with Crippen LogP contribution in [0.5, 0.6) is 11.5 Å². The Kier molecular flexibility index (Phi) is 6.38. The van der Waals surface area contributed by atoms with E-state index in [4.69, 9.17) is 9.47 Å². The summed E-state index contributed by atoms with van der Waals surface area (Å²) >= 11 is 0. The third-order valence-corrected chi connectivity index (χ3v) is 5.96. The van der Waals surface area contributed by atoms with Crippen LogP contribution in [0.25, 0.3) is 0 Å². The molecule has 0 radical (unpaired) electrons. The quantitative estimate of drug-likeness (QED) is 0.709. The van der Waals surface area contributed by atoms with Crippen molar-refractivity contribution in [2.45, 2.75) is 17.5 Å². The molecule has 0 atom stereocenters. The number of ether oxygens (including phenoxy) is 2. The fraction of sp³-hybridized carbons (Fsp3) is 0.333. The minimum Gasteiger partial charge on any atom is -0.493 e. The lowest BCUT2D eigenvalue weighted by molar-refractivity contribution is -0.139. The molecule has 0 amide bonds. The van der Waals surface area contributed by atoms with Gasteiger partial charge >= 0.3 is 6.18 Å². The number of hydrogen-bond acceptors (Lipinski definition) is 4. The van der Waals surface area contributed by atoms with Crippen molar-refractivity contribution < 1.29 is 31.1 Å². The van der Waals surface area contributed by atoms with E-state index in [9.17, 15) is 21.6 Å². The van der Waals surface area contributed by atoms with Gasteiger partial charge in [-0.25, -0.2) is 12.7 Å². The van der Waals surface area contributed by atoms with Crippen LogP contribution in [0.15, 0.2) is 47.4 Å². The highest BCUT2D eigenvalue weighted by atomic mass is 32.2. The predicted octanol–water partition coefficient (Wildman–Crippen LogP) is 3.59. The summed E-state index contributed by atoms with van der Waals surface area (Å²) in [7, 11) is -0.0664. The van der Waals surface area contributed by atoms with Gasteiger partial charge in [-0.15, -0.1) is 0 Å². The van der Waals surface area contributed by atoms with Crippen LogP contribution in [0.2, 0.25) is 0 Å². The second-order valence-electron chi connectivity index (χ2n) is 5.76. The fourth-order valence-corrected chi connectivity index (χ4v) is 3.92. The first-order valence-electron chi connectivity index (χ1n) is 7.94. The van der Waals surface area contributed by atoms with Gasteiger partial charge in [-0.1, -0.05) is 18.2 Å². The Morgan fingerprint density at radius 3 is 2.22 bits per heavy atom. The van der Waals surface area contributed by atoms with E-state index in [0.29, 0.717) is 17.9 Å². The average Bonchev–Trinajstić information content (AvgIpc) is 2.64. The monoisotopic (exact) mass is 403 g/mol. The van der Waals surface area contributed by atoms with Gasteiger partial charge in [0, 0.05) is 13.6 Å². The number of alkyl halides is 3. The van der Waals surface area contributed by atoms with Gasteiger partial charge in [0.2, 0.25) is 10.0 Å². The maximum absolute atomic E-state index is 13.1. The smallest absolute Gasteiger partial charge is 0.417 e. The molecule has 2 aromatic rings. The standard InChI is InChI=1S/C18H20F3NO4S/c1-22(11-10-13-8-9-15(25-2)16(12-13)26-3)27(23,24)17-7-5-4-6-14(17)18(19,20)21/h4-9,12H,10-11H2,1-3H3. The summed E-state index contributed by atoms with van der Waals surface area (Å²) in [6.45, 7) is 0.00398. The van der Waals surface area contributed by atoms with Crippen molar-refractivity contribution in [3.63, 3.8) is 0 Å². The number of rotatable bonds is 7. The number of hydrogen-bond donors (Lipinski definition) is 0. The topological polar surface area (TPSA) is 55.8 Å². The summed E-state index contributed by atoms with van der Waals surface area (Å²) in [5.74, 6) is 1.02. The van der Waals surface area contributed by atoms with E-state index >= 15 is 0 Å². The maximum atomic E-state index is 13.1. The molecule has 0 aromatic heterocycles. The van der Waals surface area contributed by atoms with E-state index in [-0.39, 0.29) is 6.54 Å². The lowest BCUT2D eigenvalue weighted by Crippen LogP contribution is -2.30. The first-order chi connectivity index (χ1) is 12.6. The lowest BCUT2D eigenvalue weighted by Gasteiger charge is -2.20. The first kappa shape index (κ1) is 21.0. The van der Waals surface area contributed by atoms with Crippen molar-refractivity contribution in [1.82, 2.24) is 4.31 Å². The van der Waals surface area contributed by atoms with Gasteiger partial charge in [0.05, 0.1) is 24.7 Å². The second-order valence-corrected chi connectivity index (χ2v) is 7.77. The summed E-state index contributed by atoms with van der Waals surface area (Å²) < 4.78 is 75.9. The van der Waals surface area contributed by atoms with E-state index in [0.717, 1.165) is 28.1 Å². The molecule has 0 fully saturated rings. The van der Waals surface area contributed by atoms with Gasteiger partial charge in [-0.2, -0.15) is 13.2 Å². The molecular formula is C18H20F3NO4S. The fourth-order valence-electron chi connectivity index (χ4n) is 2.54. The number of sulfonamides is 1. The summed E-state index contributed by atoms with van der Waals surface area (Å²) in [6, 6.07) is 9.27. The van der Waals surface area contributed by atoms with Crippen molar-refractivity contribution in [1.29, 1.82) is 0 Å². The summed E-state index contributed by atoms with van der Waals surface area (Å²) in [6.07, 6.45) is -4.46. The SMILES string of the molecule is COc1ccc(CCN(C)S(=O)(=O)c2ccccc2C(F)(F)F)cc1OC. The van der Waals surface area contributed by atoms with Crippen LogP contribution in [0, 0.1) is 0 Å². The zero-order valence-corrected chi connectivity index (χ0v) is 15.9. The predicted molar refractivity (Wildman–Crippen MR) is 94.5 cm³/mol. The van der Waals surface area contributed by atoms with Gasteiger partial charge in [0.1, 0.15) is 0 Å². The molecule has 0 N–H and O–H groups in total. The minimum atomic E-state index is -4.76. The zero-order valence-electron chi connectivity index (χ0n) is 15.1. The molecule has 0 spiro atoms. The molecule has 0 aliphatic heterocycles. The molecule has 148 valence electrons. The molecule has 0 heterocycles. The minimum absolute atomic E-state index is 0.00398. The molecule has 0 aliphatic rings. The van der Waals surface area contributed by atoms with E-state index in [1.807, 2.05) is 0 Å². The largest absolute Gasteiger partial charge is 0.493 e. The van der Waals surface area contributed by atoms with E-state index in [1.54, 1.807) is 18.2 Å². The third-order valence-electron chi connectivity index (χ3n) is 4.04. The molecule has 0 saturated carbocycles. The van der Waals surface area contributed by atoms with Gasteiger partial charge in [-0.3, -0.25) is 0 Å². The maximum Gasteiger partial charge on any atom is 0.417 e. The third kappa shape index (κ3) is 4.72. The van der Waals surface area contributed by atoms with Crippen LogP contribution in [-0.4, -0.2) is 40.5 Å². The molecule has 5 nitrogen and oxygen atoms in total. The second kappa shape index (κ2) is 8.18. The van der Waals surface area contributed by atoms with Crippen molar-refractivity contribution in [3.8, 4) is 11.5 Å². The van der Waals surface area contributed by atoms with Crippen molar-refractivity contribution in [2.24, 2.45) is 0 Å². The molecule has 0 aliphatic carbocycles. The molecule has 0 saturated heterocycles. The number of benzene rings is 2. The zero-order chi connectivity index (χ0) is 20.2. The highest BCUT2D eigenvalue weighted by molar-refractivity contribution is 7.89. The van der Waals surface area contributed by atoms with Crippen LogP contribution in [0.1, 0.15) is 11.1 Å². The lowest BCUT2D eigenvalue weighted by atomic mass is 10.1.